The van der Waals surface area contributed by atoms with Crippen molar-refractivity contribution in [1.82, 2.24) is 16.2 Å². The number of aliphatic hydroxyl groups excluding tert-OH is 1. The van der Waals surface area contributed by atoms with E-state index in [1.54, 1.807) is 0 Å². The fourth-order valence-corrected chi connectivity index (χ4v) is 2.57. The number of hydrazine groups is 1. The van der Waals surface area contributed by atoms with E-state index in [-0.39, 0.29) is 6.61 Å². The first-order chi connectivity index (χ1) is 7.29. The van der Waals surface area contributed by atoms with E-state index < -0.39 is 0 Å². The summed E-state index contributed by atoms with van der Waals surface area (Å²) in [5.74, 6) is 1.40. The minimum absolute atomic E-state index is 0.104. The Bertz CT molecular complexity index is 269. The highest BCUT2D eigenvalue weighted by Crippen LogP contribution is 2.38. The first-order valence-corrected chi connectivity index (χ1v) is 5.79. The molecule has 0 aliphatic heterocycles. The van der Waals surface area contributed by atoms with Crippen LogP contribution in [0.5, 0.6) is 0 Å². The molecule has 0 aromatic rings. The van der Waals surface area contributed by atoms with E-state index in [1.165, 1.54) is 12.8 Å². The standard InChI is InChI=1S/C10H17N3OS/c14-4-3-11-13-10(15)12-9-6-7-1-2-8(9)5-7/h1-2,7-9,11,14H,3-6H2,(H2,12,13,15)/t7-,8+,9+/m1/s1. The monoisotopic (exact) mass is 227 g/mol. The van der Waals surface area contributed by atoms with Crippen molar-refractivity contribution in [3.8, 4) is 0 Å². The van der Waals surface area contributed by atoms with Crippen LogP contribution in [0, 0.1) is 11.8 Å². The molecular weight excluding hydrogens is 210 g/mol. The second-order valence-electron chi connectivity index (χ2n) is 4.14. The molecule has 0 spiro atoms. The van der Waals surface area contributed by atoms with Gasteiger partial charge in [-0.05, 0) is 36.9 Å². The molecule has 0 unspecified atom stereocenters. The molecule has 5 heteroatoms. The Labute approximate surface area is 95.1 Å². The summed E-state index contributed by atoms with van der Waals surface area (Å²) in [7, 11) is 0. The molecule has 0 saturated heterocycles. The van der Waals surface area contributed by atoms with Crippen LogP contribution in [-0.2, 0) is 0 Å². The van der Waals surface area contributed by atoms with Gasteiger partial charge >= 0.3 is 0 Å². The first kappa shape index (κ1) is 10.9. The summed E-state index contributed by atoms with van der Waals surface area (Å²) in [6.45, 7) is 0.602. The van der Waals surface area contributed by atoms with Crippen LogP contribution in [0.2, 0.25) is 0 Å². The number of rotatable bonds is 4. The van der Waals surface area contributed by atoms with E-state index in [4.69, 9.17) is 17.3 Å². The zero-order chi connectivity index (χ0) is 10.7. The number of aliphatic hydroxyl groups is 1. The van der Waals surface area contributed by atoms with E-state index in [0.717, 1.165) is 5.92 Å². The van der Waals surface area contributed by atoms with Crippen molar-refractivity contribution in [3.63, 3.8) is 0 Å². The van der Waals surface area contributed by atoms with Crippen molar-refractivity contribution in [2.45, 2.75) is 18.9 Å². The van der Waals surface area contributed by atoms with E-state index in [1.807, 2.05) is 0 Å². The Morgan fingerprint density at radius 3 is 2.87 bits per heavy atom. The van der Waals surface area contributed by atoms with Crippen LogP contribution >= 0.6 is 12.2 Å². The maximum Gasteiger partial charge on any atom is 0.181 e. The maximum absolute atomic E-state index is 8.57. The molecule has 2 rings (SSSR count). The normalized spacial score (nSPS) is 31.9. The van der Waals surface area contributed by atoms with Crippen molar-refractivity contribution < 1.29 is 5.11 Å². The third-order valence-electron chi connectivity index (χ3n) is 3.03. The zero-order valence-corrected chi connectivity index (χ0v) is 9.39. The summed E-state index contributed by atoms with van der Waals surface area (Å²) >= 11 is 5.13. The van der Waals surface area contributed by atoms with E-state index in [2.05, 4.69) is 28.3 Å². The second kappa shape index (κ2) is 4.92. The summed E-state index contributed by atoms with van der Waals surface area (Å²) in [5, 5.41) is 12.5. The number of hydrogen-bond acceptors (Lipinski definition) is 3. The predicted octanol–water partition coefficient (Wildman–Crippen LogP) is -0.0880. The van der Waals surface area contributed by atoms with E-state index >= 15 is 0 Å². The van der Waals surface area contributed by atoms with Gasteiger partial charge < -0.3 is 10.4 Å². The molecule has 4 N–H and O–H groups in total. The average molecular weight is 227 g/mol. The molecule has 0 aromatic carbocycles. The molecule has 4 nitrogen and oxygen atoms in total. The third kappa shape index (κ3) is 2.68. The molecule has 0 radical (unpaired) electrons. The maximum atomic E-state index is 8.57. The minimum Gasteiger partial charge on any atom is -0.395 e. The molecule has 15 heavy (non-hydrogen) atoms. The Morgan fingerprint density at radius 2 is 2.27 bits per heavy atom. The summed E-state index contributed by atoms with van der Waals surface area (Å²) < 4.78 is 0. The van der Waals surface area contributed by atoms with Crippen molar-refractivity contribution in [2.24, 2.45) is 11.8 Å². The number of hydrogen-bond donors (Lipinski definition) is 4. The number of thiocarbonyl (C=S) groups is 1. The molecule has 2 aliphatic carbocycles. The topological polar surface area (TPSA) is 56.3 Å². The second-order valence-corrected chi connectivity index (χ2v) is 4.54. The number of nitrogens with one attached hydrogen (secondary N) is 3. The number of allylic oxidation sites excluding steroid dienone is 1. The van der Waals surface area contributed by atoms with E-state index in [0.29, 0.717) is 23.6 Å². The lowest BCUT2D eigenvalue weighted by molar-refractivity contribution is 0.289. The smallest absolute Gasteiger partial charge is 0.181 e. The molecule has 1 saturated carbocycles. The van der Waals surface area contributed by atoms with Gasteiger partial charge in [0, 0.05) is 12.6 Å². The average Bonchev–Trinajstić information content (AvgIpc) is 2.79. The predicted molar refractivity (Wildman–Crippen MR) is 63.1 cm³/mol. The Balaban J connectivity index is 1.69. The van der Waals surface area contributed by atoms with Crippen molar-refractivity contribution in [2.75, 3.05) is 13.2 Å². The molecule has 84 valence electrons. The third-order valence-corrected chi connectivity index (χ3v) is 3.25. The van der Waals surface area contributed by atoms with Gasteiger partial charge in [0.1, 0.15) is 0 Å². The van der Waals surface area contributed by atoms with Gasteiger partial charge in [0.2, 0.25) is 0 Å². The summed E-state index contributed by atoms with van der Waals surface area (Å²) in [6.07, 6.45) is 7.05. The quantitative estimate of drug-likeness (QED) is 0.234. The fourth-order valence-electron chi connectivity index (χ4n) is 2.35. The van der Waals surface area contributed by atoms with E-state index in [9.17, 15) is 0 Å². The molecule has 2 bridgehead atoms. The van der Waals surface area contributed by atoms with Crippen LogP contribution in [0.4, 0.5) is 0 Å². The fraction of sp³-hybridized carbons (Fsp3) is 0.700. The van der Waals surface area contributed by atoms with Gasteiger partial charge in [-0.1, -0.05) is 12.2 Å². The lowest BCUT2D eigenvalue weighted by atomic mass is 10.0. The lowest BCUT2D eigenvalue weighted by Gasteiger charge is -2.21. The van der Waals surface area contributed by atoms with Crippen LogP contribution in [0.1, 0.15) is 12.8 Å². The highest BCUT2D eigenvalue weighted by atomic mass is 32.1. The summed E-state index contributed by atoms with van der Waals surface area (Å²) in [6, 6.07) is 0.482. The number of fused-ring (bicyclic) bond motifs is 2. The van der Waals surface area contributed by atoms with Gasteiger partial charge in [-0.2, -0.15) is 0 Å². The van der Waals surface area contributed by atoms with Crippen molar-refractivity contribution in [1.29, 1.82) is 0 Å². The van der Waals surface area contributed by atoms with Crippen LogP contribution in [0.3, 0.4) is 0 Å². The first-order valence-electron chi connectivity index (χ1n) is 5.38. The summed E-state index contributed by atoms with van der Waals surface area (Å²) in [5.41, 5.74) is 5.69. The molecule has 0 amide bonds. The van der Waals surface area contributed by atoms with Crippen LogP contribution in [0.25, 0.3) is 0 Å². The van der Waals surface area contributed by atoms with Crippen molar-refractivity contribution >= 4 is 17.3 Å². The molecule has 0 heterocycles. The Hall–Kier alpha value is -0.650. The van der Waals surface area contributed by atoms with Gasteiger partial charge in [-0.15, -0.1) is 0 Å². The van der Waals surface area contributed by atoms with Gasteiger partial charge in [0.05, 0.1) is 6.61 Å². The highest BCUT2D eigenvalue weighted by Gasteiger charge is 2.35. The minimum atomic E-state index is 0.104. The van der Waals surface area contributed by atoms with Gasteiger partial charge in [0.15, 0.2) is 5.11 Å². The molecule has 0 aromatic heterocycles. The van der Waals surface area contributed by atoms with Crippen LogP contribution < -0.4 is 16.2 Å². The SMILES string of the molecule is OCCNNC(=S)N[C@H]1C[C@@H]2C=C[C@H]1C2. The van der Waals surface area contributed by atoms with Crippen LogP contribution in [0.15, 0.2) is 12.2 Å². The largest absolute Gasteiger partial charge is 0.395 e. The Kier molecular flexibility index (Phi) is 3.56. The molecular formula is C10H17N3OS. The molecule has 2 aliphatic rings. The van der Waals surface area contributed by atoms with Crippen LogP contribution in [-0.4, -0.2) is 29.4 Å². The van der Waals surface area contributed by atoms with Crippen molar-refractivity contribution in [3.05, 3.63) is 12.2 Å². The van der Waals surface area contributed by atoms with Gasteiger partial charge in [0.25, 0.3) is 0 Å². The van der Waals surface area contributed by atoms with Gasteiger partial charge in [-0.3, -0.25) is 5.43 Å². The highest BCUT2D eigenvalue weighted by molar-refractivity contribution is 7.80. The van der Waals surface area contributed by atoms with Gasteiger partial charge in [-0.25, -0.2) is 5.43 Å². The summed E-state index contributed by atoms with van der Waals surface area (Å²) in [4.78, 5) is 0. The lowest BCUT2D eigenvalue weighted by Crippen LogP contribution is -2.49. The zero-order valence-electron chi connectivity index (χ0n) is 8.57. The molecule has 1 fully saturated rings. The Morgan fingerprint density at radius 1 is 1.40 bits per heavy atom. The molecule has 3 atom stereocenters.